The highest BCUT2D eigenvalue weighted by Gasteiger charge is 2.27. The second-order valence-electron chi connectivity index (χ2n) is 4.13. The Hall–Kier alpha value is -0.420. The predicted octanol–water partition coefficient (Wildman–Crippen LogP) is 3.63. The lowest BCUT2D eigenvalue weighted by molar-refractivity contribution is 0.0937. The van der Waals surface area contributed by atoms with Crippen LogP contribution in [0, 0.1) is 5.82 Å². The first-order valence-electron chi connectivity index (χ1n) is 5.48. The molecule has 1 fully saturated rings. The standard InChI is InChI=1S/C12H12Br2FNO/c13-8-4-2-6-10(8)16-12(17)7-3-1-5-9(15)11(7)14/h1,3,5,8,10H,2,4,6H2,(H,16,17). The number of halogens is 3. The summed E-state index contributed by atoms with van der Waals surface area (Å²) in [6.07, 6.45) is 3.13. The molecule has 1 aliphatic rings. The Labute approximate surface area is 116 Å². The highest BCUT2D eigenvalue weighted by molar-refractivity contribution is 9.10. The maximum atomic E-state index is 13.3. The Bertz CT molecular complexity index is 439. The Morgan fingerprint density at radius 1 is 1.41 bits per heavy atom. The van der Waals surface area contributed by atoms with Gasteiger partial charge >= 0.3 is 0 Å². The molecule has 0 aliphatic heterocycles. The summed E-state index contributed by atoms with van der Waals surface area (Å²) in [7, 11) is 0. The first-order valence-corrected chi connectivity index (χ1v) is 7.19. The lowest BCUT2D eigenvalue weighted by Gasteiger charge is -2.16. The van der Waals surface area contributed by atoms with E-state index in [1.165, 1.54) is 12.1 Å². The van der Waals surface area contributed by atoms with E-state index in [0.717, 1.165) is 19.3 Å². The largest absolute Gasteiger partial charge is 0.348 e. The van der Waals surface area contributed by atoms with Gasteiger partial charge in [0.15, 0.2) is 0 Å². The smallest absolute Gasteiger partial charge is 0.252 e. The van der Waals surface area contributed by atoms with Gasteiger partial charge in [-0.15, -0.1) is 0 Å². The fraction of sp³-hybridized carbons (Fsp3) is 0.417. The zero-order valence-corrected chi connectivity index (χ0v) is 12.2. The molecule has 2 rings (SSSR count). The van der Waals surface area contributed by atoms with Crippen LogP contribution in [0.3, 0.4) is 0 Å². The van der Waals surface area contributed by atoms with Crippen molar-refractivity contribution >= 4 is 37.8 Å². The second-order valence-corrected chi connectivity index (χ2v) is 6.10. The number of hydrogen-bond donors (Lipinski definition) is 1. The van der Waals surface area contributed by atoms with Crippen molar-refractivity contribution in [3.8, 4) is 0 Å². The van der Waals surface area contributed by atoms with Crippen LogP contribution in [0.1, 0.15) is 29.6 Å². The molecule has 0 spiro atoms. The molecule has 2 atom stereocenters. The van der Waals surface area contributed by atoms with E-state index in [0.29, 0.717) is 10.4 Å². The molecule has 2 nitrogen and oxygen atoms in total. The van der Waals surface area contributed by atoms with Gasteiger partial charge in [0.05, 0.1) is 10.0 Å². The van der Waals surface area contributed by atoms with E-state index in [1.54, 1.807) is 6.07 Å². The molecule has 0 saturated heterocycles. The molecule has 0 bridgehead atoms. The Kier molecular flexibility index (Phi) is 4.20. The van der Waals surface area contributed by atoms with E-state index in [2.05, 4.69) is 37.2 Å². The molecule has 1 N–H and O–H groups in total. The molecule has 0 radical (unpaired) electrons. The van der Waals surface area contributed by atoms with Gasteiger partial charge in [0.1, 0.15) is 5.82 Å². The van der Waals surface area contributed by atoms with Crippen molar-refractivity contribution in [1.29, 1.82) is 0 Å². The van der Waals surface area contributed by atoms with Crippen molar-refractivity contribution in [2.24, 2.45) is 0 Å². The van der Waals surface area contributed by atoms with Gasteiger partial charge in [-0.3, -0.25) is 4.79 Å². The van der Waals surface area contributed by atoms with Crippen LogP contribution in [0.4, 0.5) is 4.39 Å². The number of benzene rings is 1. The highest BCUT2D eigenvalue weighted by atomic mass is 79.9. The van der Waals surface area contributed by atoms with Crippen LogP contribution in [-0.2, 0) is 0 Å². The predicted molar refractivity (Wildman–Crippen MR) is 71.9 cm³/mol. The average Bonchev–Trinajstić information content (AvgIpc) is 2.68. The summed E-state index contributed by atoms with van der Waals surface area (Å²) in [5.74, 6) is -0.646. The van der Waals surface area contributed by atoms with Gasteiger partial charge in [-0.1, -0.05) is 28.4 Å². The maximum absolute atomic E-state index is 13.3. The third-order valence-corrected chi connectivity index (χ3v) is 4.85. The number of alkyl halides is 1. The number of hydrogen-bond acceptors (Lipinski definition) is 1. The van der Waals surface area contributed by atoms with Crippen LogP contribution in [0.25, 0.3) is 0 Å². The molecule has 0 aromatic heterocycles. The molecule has 0 heterocycles. The average molecular weight is 365 g/mol. The minimum absolute atomic E-state index is 0.137. The summed E-state index contributed by atoms with van der Waals surface area (Å²) in [5.41, 5.74) is 0.344. The van der Waals surface area contributed by atoms with Crippen molar-refractivity contribution in [2.45, 2.75) is 30.1 Å². The quantitative estimate of drug-likeness (QED) is 0.797. The molecule has 1 aromatic carbocycles. The highest BCUT2D eigenvalue weighted by Crippen LogP contribution is 2.26. The Morgan fingerprint density at radius 2 is 2.18 bits per heavy atom. The van der Waals surface area contributed by atoms with E-state index >= 15 is 0 Å². The van der Waals surface area contributed by atoms with Crippen LogP contribution < -0.4 is 5.32 Å². The summed E-state index contributed by atoms with van der Waals surface area (Å²) in [4.78, 5) is 12.3. The van der Waals surface area contributed by atoms with Crippen molar-refractivity contribution < 1.29 is 9.18 Å². The molecule has 1 aromatic rings. The number of carbonyl (C=O) groups is 1. The van der Waals surface area contributed by atoms with Crippen molar-refractivity contribution in [1.82, 2.24) is 5.32 Å². The van der Waals surface area contributed by atoms with Crippen molar-refractivity contribution in [3.63, 3.8) is 0 Å². The fourth-order valence-electron chi connectivity index (χ4n) is 2.00. The van der Waals surface area contributed by atoms with Gasteiger partial charge in [0.25, 0.3) is 5.91 Å². The Morgan fingerprint density at radius 3 is 2.82 bits per heavy atom. The summed E-state index contributed by atoms with van der Waals surface area (Å²) in [6, 6.07) is 4.61. The first-order chi connectivity index (χ1) is 8.09. The molecule has 2 unspecified atom stereocenters. The van der Waals surface area contributed by atoms with E-state index < -0.39 is 5.82 Å². The van der Waals surface area contributed by atoms with Gasteiger partial charge in [0, 0.05) is 10.9 Å². The molecule has 5 heteroatoms. The zero-order chi connectivity index (χ0) is 12.4. The van der Waals surface area contributed by atoms with E-state index in [9.17, 15) is 9.18 Å². The first kappa shape index (κ1) is 13.0. The molecular weight excluding hydrogens is 353 g/mol. The fourth-order valence-corrected chi connectivity index (χ4v) is 3.17. The minimum Gasteiger partial charge on any atom is -0.348 e. The summed E-state index contributed by atoms with van der Waals surface area (Å²) in [6.45, 7) is 0. The van der Waals surface area contributed by atoms with Crippen molar-refractivity contribution in [2.75, 3.05) is 0 Å². The van der Waals surface area contributed by atoms with E-state index in [1.807, 2.05) is 0 Å². The van der Waals surface area contributed by atoms with Gasteiger partial charge in [0.2, 0.25) is 0 Å². The zero-order valence-electron chi connectivity index (χ0n) is 9.05. The minimum atomic E-state index is -0.417. The number of amides is 1. The summed E-state index contributed by atoms with van der Waals surface area (Å²) in [5, 5.41) is 2.93. The van der Waals surface area contributed by atoms with E-state index in [-0.39, 0.29) is 16.4 Å². The normalized spacial score (nSPS) is 23.7. The summed E-state index contributed by atoms with van der Waals surface area (Å²) >= 11 is 6.64. The number of rotatable bonds is 2. The number of nitrogens with one attached hydrogen (secondary N) is 1. The van der Waals surface area contributed by atoms with Gasteiger partial charge in [-0.25, -0.2) is 4.39 Å². The molecular formula is C12H12Br2FNO. The maximum Gasteiger partial charge on any atom is 0.252 e. The topological polar surface area (TPSA) is 29.1 Å². The molecule has 1 amide bonds. The third-order valence-electron chi connectivity index (χ3n) is 2.94. The van der Waals surface area contributed by atoms with E-state index in [4.69, 9.17) is 0 Å². The molecule has 1 saturated carbocycles. The van der Waals surface area contributed by atoms with Crippen LogP contribution in [0.2, 0.25) is 0 Å². The van der Waals surface area contributed by atoms with Crippen LogP contribution in [-0.4, -0.2) is 16.8 Å². The molecule has 17 heavy (non-hydrogen) atoms. The Balaban J connectivity index is 2.12. The second kappa shape index (κ2) is 5.48. The number of carbonyl (C=O) groups excluding carboxylic acids is 1. The monoisotopic (exact) mass is 363 g/mol. The molecule has 92 valence electrons. The van der Waals surface area contributed by atoms with Crippen LogP contribution in [0.15, 0.2) is 22.7 Å². The SMILES string of the molecule is O=C(NC1CCCC1Br)c1cccc(F)c1Br. The van der Waals surface area contributed by atoms with Crippen molar-refractivity contribution in [3.05, 3.63) is 34.1 Å². The van der Waals surface area contributed by atoms with Crippen LogP contribution >= 0.6 is 31.9 Å². The van der Waals surface area contributed by atoms with Gasteiger partial charge in [-0.2, -0.15) is 0 Å². The lowest BCUT2D eigenvalue weighted by atomic mass is 10.2. The van der Waals surface area contributed by atoms with Gasteiger partial charge < -0.3 is 5.32 Å². The lowest BCUT2D eigenvalue weighted by Crippen LogP contribution is -2.37. The van der Waals surface area contributed by atoms with Crippen LogP contribution in [0.5, 0.6) is 0 Å². The van der Waals surface area contributed by atoms with Gasteiger partial charge in [-0.05, 0) is 40.9 Å². The third kappa shape index (κ3) is 2.88. The molecule has 1 aliphatic carbocycles. The summed E-state index contributed by atoms with van der Waals surface area (Å²) < 4.78 is 13.5.